The van der Waals surface area contributed by atoms with E-state index in [-0.39, 0.29) is 17.2 Å². The number of hydrogen-bond acceptors (Lipinski definition) is 5. The molecule has 0 aromatic heterocycles. The van der Waals surface area contributed by atoms with Crippen LogP contribution in [0, 0.1) is 17.5 Å². The van der Waals surface area contributed by atoms with Crippen LogP contribution in [0.5, 0.6) is 0 Å². The van der Waals surface area contributed by atoms with Gasteiger partial charge in [-0.2, -0.15) is 5.01 Å². The van der Waals surface area contributed by atoms with E-state index in [0.29, 0.717) is 18.9 Å². The Morgan fingerprint density at radius 1 is 1.21 bits per heavy atom. The molecule has 3 atom stereocenters. The van der Waals surface area contributed by atoms with E-state index in [0.717, 1.165) is 11.1 Å². The number of benzene rings is 1. The van der Waals surface area contributed by atoms with Crippen molar-refractivity contribution in [1.82, 2.24) is 10.4 Å². The zero-order valence-corrected chi connectivity index (χ0v) is 13.0. The Morgan fingerprint density at radius 3 is 2.58 bits per heavy atom. The van der Waals surface area contributed by atoms with E-state index in [2.05, 4.69) is 10.4 Å². The van der Waals surface area contributed by atoms with Crippen LogP contribution in [0.15, 0.2) is 17.1 Å². The fourth-order valence-corrected chi connectivity index (χ4v) is 4.68. The van der Waals surface area contributed by atoms with Gasteiger partial charge in [-0.15, -0.1) is 0 Å². The van der Waals surface area contributed by atoms with Gasteiger partial charge in [0.1, 0.15) is 12.0 Å². The first kappa shape index (κ1) is 15.8. The fraction of sp³-hybridized carbons (Fsp3) is 0.500. The number of nitrogens with zero attached hydrogens (tertiary/aromatic N) is 2. The van der Waals surface area contributed by atoms with Crippen LogP contribution in [0.2, 0.25) is 0 Å². The minimum atomic E-state index is -3.67. The van der Waals surface area contributed by atoms with Crippen LogP contribution >= 0.6 is 0 Å². The van der Waals surface area contributed by atoms with Crippen molar-refractivity contribution in [2.45, 2.75) is 42.9 Å². The highest BCUT2D eigenvalue weighted by Gasteiger charge is 2.51. The Bertz CT molecular complexity index is 841. The molecule has 0 radical (unpaired) electrons. The first-order chi connectivity index (χ1) is 11.3. The molecule has 1 saturated carbocycles. The van der Waals surface area contributed by atoms with E-state index >= 15 is 0 Å². The van der Waals surface area contributed by atoms with Crippen LogP contribution < -0.4 is 5.43 Å². The molecule has 10 heteroatoms. The Morgan fingerprint density at radius 2 is 1.92 bits per heavy atom. The summed E-state index contributed by atoms with van der Waals surface area (Å²) in [6.45, 7) is 0. The number of rotatable bonds is 2. The maximum absolute atomic E-state index is 14.2. The molecule has 0 amide bonds. The van der Waals surface area contributed by atoms with E-state index in [1.54, 1.807) is 0 Å². The molecular formula is C14H13F4N3O2S. The summed E-state index contributed by atoms with van der Waals surface area (Å²) >= 11 is 0. The number of hydrogen-bond donors (Lipinski definition) is 1. The van der Waals surface area contributed by atoms with Gasteiger partial charge < -0.3 is 0 Å². The molecule has 2 fully saturated rings. The van der Waals surface area contributed by atoms with Gasteiger partial charge in [-0.3, -0.25) is 5.43 Å². The maximum atomic E-state index is 14.2. The highest BCUT2D eigenvalue weighted by molar-refractivity contribution is 8.07. The molecule has 2 heterocycles. The van der Waals surface area contributed by atoms with Crippen LogP contribution in [-0.4, -0.2) is 36.2 Å². The topological polar surface area (TPSA) is 61.8 Å². The normalized spacial score (nSPS) is 30.2. The molecule has 1 unspecified atom stereocenters. The van der Waals surface area contributed by atoms with Crippen LogP contribution in [0.3, 0.4) is 0 Å². The molecule has 1 saturated heterocycles. The molecule has 4 rings (SSSR count). The molecule has 2 aliphatic heterocycles. The van der Waals surface area contributed by atoms with Crippen molar-refractivity contribution >= 4 is 15.0 Å². The highest BCUT2D eigenvalue weighted by Crippen LogP contribution is 2.41. The number of fused-ring (bicyclic) bond motifs is 1. The van der Waals surface area contributed by atoms with E-state index in [1.165, 1.54) is 0 Å². The summed E-state index contributed by atoms with van der Waals surface area (Å²) in [5.74, 6) is -3.65. The zero-order chi connectivity index (χ0) is 17.2. The third-order valence-corrected chi connectivity index (χ3v) is 6.56. The number of sulfone groups is 1. The molecule has 1 aromatic carbocycles. The van der Waals surface area contributed by atoms with Crippen LogP contribution in [0.25, 0.3) is 0 Å². The average molecular weight is 363 g/mol. The SMILES string of the molecule is O=S(=O)(C1=NC2[C@@H](F)C[C@@H](c3cc(F)cc(F)c3F)N2N1)C1CC1. The fourth-order valence-electron chi connectivity index (χ4n) is 3.12. The zero-order valence-electron chi connectivity index (χ0n) is 12.2. The van der Waals surface area contributed by atoms with Gasteiger partial charge in [0.05, 0.1) is 11.3 Å². The summed E-state index contributed by atoms with van der Waals surface area (Å²) in [7, 11) is -3.67. The lowest BCUT2D eigenvalue weighted by molar-refractivity contribution is 0.157. The van der Waals surface area contributed by atoms with E-state index in [9.17, 15) is 26.0 Å². The first-order valence-corrected chi connectivity index (χ1v) is 8.99. The highest BCUT2D eigenvalue weighted by atomic mass is 32.2. The Labute approximate surface area is 135 Å². The van der Waals surface area contributed by atoms with Crippen molar-refractivity contribution in [3.8, 4) is 0 Å². The quantitative estimate of drug-likeness (QED) is 0.645. The summed E-state index contributed by atoms with van der Waals surface area (Å²) in [6, 6.07) is 0.119. The summed E-state index contributed by atoms with van der Waals surface area (Å²) in [6.07, 6.45) is -1.97. The number of alkyl halides is 1. The smallest absolute Gasteiger partial charge is 0.233 e. The second-order valence-electron chi connectivity index (χ2n) is 6.17. The largest absolute Gasteiger partial charge is 0.291 e. The summed E-state index contributed by atoms with van der Waals surface area (Å²) in [5, 5.41) is 0.222. The van der Waals surface area contributed by atoms with Gasteiger partial charge in [-0.25, -0.2) is 31.0 Å². The Kier molecular flexibility index (Phi) is 3.40. The maximum Gasteiger partial charge on any atom is 0.233 e. The van der Waals surface area contributed by atoms with Crippen molar-refractivity contribution in [1.29, 1.82) is 0 Å². The van der Waals surface area contributed by atoms with Gasteiger partial charge in [0.15, 0.2) is 17.8 Å². The second kappa shape index (κ2) is 5.16. The molecule has 130 valence electrons. The van der Waals surface area contributed by atoms with Crippen molar-refractivity contribution in [3.05, 3.63) is 35.1 Å². The molecule has 1 N–H and O–H groups in total. The van der Waals surface area contributed by atoms with Crippen LogP contribution in [0.1, 0.15) is 30.9 Å². The molecule has 5 nitrogen and oxygen atoms in total. The lowest BCUT2D eigenvalue weighted by Crippen LogP contribution is -2.43. The van der Waals surface area contributed by atoms with Crippen LogP contribution in [0.4, 0.5) is 17.6 Å². The summed E-state index contributed by atoms with van der Waals surface area (Å²) < 4.78 is 79.5. The Balaban J connectivity index is 1.68. The molecule has 1 aromatic rings. The van der Waals surface area contributed by atoms with Crippen molar-refractivity contribution in [2.75, 3.05) is 0 Å². The van der Waals surface area contributed by atoms with Gasteiger partial charge in [0.25, 0.3) is 0 Å². The van der Waals surface area contributed by atoms with Gasteiger partial charge in [-0.05, 0) is 18.9 Å². The average Bonchev–Trinajstić information content (AvgIpc) is 3.20. The molecular weight excluding hydrogens is 350 g/mol. The van der Waals surface area contributed by atoms with Crippen molar-refractivity contribution < 1.29 is 26.0 Å². The number of halogens is 4. The minimum Gasteiger partial charge on any atom is -0.291 e. The summed E-state index contributed by atoms with van der Waals surface area (Å²) in [4.78, 5) is 3.87. The van der Waals surface area contributed by atoms with Gasteiger partial charge in [0.2, 0.25) is 15.0 Å². The standard InChI is InChI=1S/C14H13F4N3O2S/c15-6-3-8(12(18)9(16)4-6)11-5-10(17)13-19-14(20-21(11)13)24(22,23)7-1-2-7/h3-4,7,10-11,13H,1-2,5H2,(H,19,20)/t10-,11-,13?/m0/s1. The Hall–Kier alpha value is -1.68. The molecule has 24 heavy (non-hydrogen) atoms. The second-order valence-corrected chi connectivity index (χ2v) is 8.31. The number of nitrogens with one attached hydrogen (secondary N) is 1. The number of amidine groups is 1. The summed E-state index contributed by atoms with van der Waals surface area (Å²) in [5.41, 5.74) is 2.13. The van der Waals surface area contributed by atoms with Gasteiger partial charge in [0, 0.05) is 18.1 Å². The van der Waals surface area contributed by atoms with Gasteiger partial charge >= 0.3 is 0 Å². The third kappa shape index (κ3) is 2.31. The van der Waals surface area contributed by atoms with Crippen LogP contribution in [-0.2, 0) is 9.84 Å². The monoisotopic (exact) mass is 363 g/mol. The first-order valence-electron chi connectivity index (χ1n) is 7.44. The predicted molar refractivity (Wildman–Crippen MR) is 76.7 cm³/mol. The lowest BCUT2D eigenvalue weighted by Gasteiger charge is -2.24. The third-order valence-electron chi connectivity index (χ3n) is 4.48. The molecule has 0 bridgehead atoms. The molecule has 3 aliphatic rings. The minimum absolute atomic E-state index is 0.252. The van der Waals surface area contributed by atoms with Crippen molar-refractivity contribution in [3.63, 3.8) is 0 Å². The number of aliphatic imine (C=N–C) groups is 1. The number of hydrazine groups is 1. The molecule has 1 aliphatic carbocycles. The molecule has 0 spiro atoms. The lowest BCUT2D eigenvalue weighted by atomic mass is 10.0. The van der Waals surface area contributed by atoms with E-state index < -0.39 is 50.9 Å². The predicted octanol–water partition coefficient (Wildman–Crippen LogP) is 1.97. The van der Waals surface area contributed by atoms with Gasteiger partial charge in [-0.1, -0.05) is 0 Å². The van der Waals surface area contributed by atoms with E-state index in [4.69, 9.17) is 0 Å². The van der Waals surface area contributed by atoms with Crippen molar-refractivity contribution in [2.24, 2.45) is 4.99 Å². The van der Waals surface area contributed by atoms with E-state index in [1.807, 2.05) is 0 Å².